The Bertz CT molecular complexity index is 2380. The quantitative estimate of drug-likeness (QED) is 0.0219. The predicted octanol–water partition coefficient (Wildman–Crippen LogP) is 7.21. The summed E-state index contributed by atoms with van der Waals surface area (Å²) in [6.45, 7) is -0.593. The number of anilines is 1. The summed E-state index contributed by atoms with van der Waals surface area (Å²) in [7, 11) is 0. The largest absolute Gasteiger partial charge is 0.428 e. The second-order valence-electron chi connectivity index (χ2n) is 14.9. The highest BCUT2D eigenvalue weighted by Crippen LogP contribution is 2.43. The van der Waals surface area contributed by atoms with Gasteiger partial charge in [0.25, 0.3) is 11.8 Å². The number of aromatic nitrogens is 2. The molecule has 2 aliphatic heterocycles. The van der Waals surface area contributed by atoms with Gasteiger partial charge in [0, 0.05) is 40.2 Å². The Morgan fingerprint density at radius 1 is 0.855 bits per heavy atom. The molecule has 1 saturated carbocycles. The molecule has 3 aromatic carbocycles. The van der Waals surface area contributed by atoms with Crippen LogP contribution in [0.2, 0.25) is 0 Å². The van der Waals surface area contributed by atoms with Crippen molar-refractivity contribution in [2.75, 3.05) is 18.3 Å². The van der Waals surface area contributed by atoms with E-state index in [1.54, 1.807) is 36.0 Å². The number of β-lactam (4-membered cyclic amide) rings is 1. The van der Waals surface area contributed by atoms with E-state index in [-0.39, 0.29) is 28.2 Å². The van der Waals surface area contributed by atoms with Crippen molar-refractivity contribution in [2.45, 2.75) is 55.5 Å². The Morgan fingerprint density at radius 2 is 1.50 bits per heavy atom. The van der Waals surface area contributed by atoms with Gasteiger partial charge in [0.2, 0.25) is 12.4 Å². The molecule has 2 amide bonds. The molecule has 316 valence electrons. The second kappa shape index (κ2) is 19.4. The van der Waals surface area contributed by atoms with Crippen molar-refractivity contribution < 1.29 is 33.5 Å². The maximum Gasteiger partial charge on any atom is 0.358 e. The molecule has 1 saturated heterocycles. The number of amides is 2. The lowest BCUT2D eigenvalue weighted by molar-refractivity contribution is -0.171. The number of thioether (sulfide) groups is 1. The number of carbonyl (C=O) groups excluding carboxylic acids is 4. The average molecular weight is 869 g/mol. The fourth-order valence-electron chi connectivity index (χ4n) is 7.88. The number of nitrogens with two attached hydrogens (primary N) is 1. The van der Waals surface area contributed by atoms with Gasteiger partial charge < -0.3 is 25.4 Å². The smallest absolute Gasteiger partial charge is 0.358 e. The monoisotopic (exact) mass is 868 g/mol. The van der Waals surface area contributed by atoms with Crippen molar-refractivity contribution in [3.63, 3.8) is 0 Å². The number of oxime groups is 1. The van der Waals surface area contributed by atoms with Crippen LogP contribution in [0.4, 0.5) is 5.13 Å². The van der Waals surface area contributed by atoms with Crippen molar-refractivity contribution in [2.24, 2.45) is 11.1 Å². The summed E-state index contributed by atoms with van der Waals surface area (Å²) in [5.74, 6) is -2.46. The molecule has 13 nitrogen and oxygen atoms in total. The molecule has 3 aliphatic rings. The zero-order valence-electron chi connectivity index (χ0n) is 33.6. The molecular formula is C47H44N6O7S2. The highest BCUT2D eigenvalue weighted by molar-refractivity contribution is 8.00. The van der Waals surface area contributed by atoms with Crippen LogP contribution in [0.3, 0.4) is 0 Å². The highest BCUT2D eigenvalue weighted by Gasteiger charge is 2.55. The summed E-state index contributed by atoms with van der Waals surface area (Å²) in [6, 6.07) is 31.3. The number of rotatable bonds is 14. The molecule has 0 spiro atoms. The van der Waals surface area contributed by atoms with Gasteiger partial charge in [-0.15, -0.1) is 23.1 Å². The number of fused-ring (bicyclic) bond motifs is 1. The maximum atomic E-state index is 14.5. The molecule has 62 heavy (non-hydrogen) atoms. The molecule has 2 aromatic heterocycles. The Morgan fingerprint density at radius 3 is 2.08 bits per heavy atom. The van der Waals surface area contributed by atoms with Crippen molar-refractivity contribution >= 4 is 63.8 Å². The van der Waals surface area contributed by atoms with Gasteiger partial charge in [-0.1, -0.05) is 140 Å². The van der Waals surface area contributed by atoms with Crippen molar-refractivity contribution in [3.05, 3.63) is 166 Å². The van der Waals surface area contributed by atoms with Crippen LogP contribution in [0.1, 0.15) is 66.5 Å². The van der Waals surface area contributed by atoms with Gasteiger partial charge in [-0.2, -0.15) is 0 Å². The molecule has 3 N–H and O–H groups in total. The molecule has 0 unspecified atom stereocenters. The number of nitrogens with one attached hydrogen (secondary N) is 1. The van der Waals surface area contributed by atoms with E-state index >= 15 is 0 Å². The van der Waals surface area contributed by atoms with Gasteiger partial charge in [0.15, 0.2) is 10.8 Å². The summed E-state index contributed by atoms with van der Waals surface area (Å²) >= 11 is 2.50. The summed E-state index contributed by atoms with van der Waals surface area (Å²) in [5.41, 5.74) is 8.24. The van der Waals surface area contributed by atoms with E-state index in [0.717, 1.165) is 72.1 Å². The standard InChI is InChI=1S/C47H44N6O7S2/c48-46-50-37(29-62-46)38(52-60-47(34-18-8-3-9-19-34,35-20-10-4-11-21-35)36-22-12-5-13-23-36)41(54)51-39-42(55)53-40(33(28-61-43(39)53)25-24-31-15-14-26-49-27-31)45(57)59-30-58-44(56)32-16-6-1-2-7-17-32/h3-5,8-15,18-27,29,32,39,43H,1-2,6-7,16-17,28,30H2,(H2,48,50)(H,51,54)/b25-24-,52-38?/t39-,43-/m1/s1. The first-order chi connectivity index (χ1) is 30.3. The van der Waals surface area contributed by atoms with Gasteiger partial charge in [-0.3, -0.25) is 24.3 Å². The maximum absolute atomic E-state index is 14.5. The molecule has 1 aliphatic carbocycles. The van der Waals surface area contributed by atoms with Crippen LogP contribution in [-0.2, 0) is 39.1 Å². The number of pyridine rings is 1. The Balaban J connectivity index is 1.07. The van der Waals surface area contributed by atoms with Crippen LogP contribution in [0, 0.1) is 5.92 Å². The first-order valence-electron chi connectivity index (χ1n) is 20.4. The van der Waals surface area contributed by atoms with Crippen LogP contribution in [0.5, 0.6) is 0 Å². The first-order valence-corrected chi connectivity index (χ1v) is 22.3. The minimum atomic E-state index is -1.32. The number of thiazole rings is 1. The van der Waals surface area contributed by atoms with Crippen LogP contribution < -0.4 is 11.1 Å². The topological polar surface area (TPSA) is 175 Å². The third-order valence-corrected chi connectivity index (χ3v) is 13.0. The Labute approximate surface area is 367 Å². The fraction of sp³-hybridized carbons (Fsp3) is 0.255. The number of benzene rings is 3. The molecule has 2 atom stereocenters. The molecule has 2 fully saturated rings. The number of nitrogen functional groups attached to an aromatic ring is 1. The lowest BCUT2D eigenvalue weighted by Gasteiger charge is -2.49. The number of carbonyl (C=O) groups is 4. The van der Waals surface area contributed by atoms with E-state index in [1.807, 2.05) is 97.1 Å². The van der Waals surface area contributed by atoms with E-state index in [2.05, 4.69) is 20.4 Å². The molecular weight excluding hydrogens is 825 g/mol. The van der Waals surface area contributed by atoms with E-state index in [0.29, 0.717) is 11.3 Å². The Kier molecular flexibility index (Phi) is 13.2. The minimum Gasteiger partial charge on any atom is -0.428 e. The van der Waals surface area contributed by atoms with Gasteiger partial charge in [-0.25, -0.2) is 9.78 Å². The van der Waals surface area contributed by atoms with Gasteiger partial charge >= 0.3 is 11.9 Å². The third-order valence-electron chi connectivity index (χ3n) is 11.0. The molecule has 15 heteroatoms. The highest BCUT2D eigenvalue weighted by atomic mass is 32.2. The van der Waals surface area contributed by atoms with Crippen LogP contribution in [0.25, 0.3) is 6.08 Å². The second-order valence-corrected chi connectivity index (χ2v) is 16.9. The number of esters is 2. The summed E-state index contributed by atoms with van der Waals surface area (Å²) in [5, 5.41) is 8.53. The molecule has 0 bridgehead atoms. The van der Waals surface area contributed by atoms with Gasteiger partial charge in [0.1, 0.15) is 22.8 Å². The van der Waals surface area contributed by atoms with Crippen molar-refractivity contribution in [3.8, 4) is 0 Å². The summed E-state index contributed by atoms with van der Waals surface area (Å²) < 4.78 is 10.9. The summed E-state index contributed by atoms with van der Waals surface area (Å²) in [6.07, 6.45) is 12.4. The third kappa shape index (κ3) is 9.04. The zero-order valence-corrected chi connectivity index (χ0v) is 35.3. The van der Waals surface area contributed by atoms with E-state index in [4.69, 9.17) is 20.0 Å². The van der Waals surface area contributed by atoms with Gasteiger partial charge in [0.05, 0.1) is 5.92 Å². The predicted molar refractivity (Wildman–Crippen MR) is 237 cm³/mol. The number of hydrogen-bond acceptors (Lipinski definition) is 13. The number of hydrogen-bond donors (Lipinski definition) is 2. The summed E-state index contributed by atoms with van der Waals surface area (Å²) in [4.78, 5) is 71.8. The number of nitrogens with zero attached hydrogens (tertiary/aromatic N) is 4. The molecule has 8 rings (SSSR count). The van der Waals surface area contributed by atoms with E-state index in [9.17, 15) is 19.2 Å². The lowest BCUT2D eigenvalue weighted by Crippen LogP contribution is -2.71. The molecule has 5 aromatic rings. The SMILES string of the molecule is Nc1nc(C(=NOC(c2ccccc2)(c2ccccc2)c2ccccc2)C(=O)N[C@@H]2C(=O)N3C(C(=O)OCOC(=O)C4CCCCCC4)=C(/C=C\c4cccnc4)CS[C@H]23)cs1. The molecule has 0 radical (unpaired) electrons. The van der Waals surface area contributed by atoms with Crippen LogP contribution in [-0.4, -0.2) is 68.3 Å². The number of ether oxygens (including phenoxy) is 2. The van der Waals surface area contributed by atoms with Crippen LogP contribution >= 0.6 is 23.1 Å². The minimum absolute atomic E-state index is 0.00206. The normalized spacial score (nSPS) is 18.4. The van der Waals surface area contributed by atoms with Crippen molar-refractivity contribution in [1.82, 2.24) is 20.2 Å². The van der Waals surface area contributed by atoms with Gasteiger partial charge in [-0.05, 0) is 30.0 Å². The van der Waals surface area contributed by atoms with E-state index in [1.165, 1.54) is 16.7 Å². The zero-order chi connectivity index (χ0) is 42.9. The Hall–Kier alpha value is -6.58. The van der Waals surface area contributed by atoms with E-state index < -0.39 is 47.6 Å². The van der Waals surface area contributed by atoms with Crippen molar-refractivity contribution in [1.29, 1.82) is 0 Å². The van der Waals surface area contributed by atoms with Crippen LogP contribution in [0.15, 0.2) is 143 Å². The number of allylic oxidation sites excluding steroid dienone is 1. The fourth-order valence-corrected chi connectivity index (χ4v) is 9.74. The lowest BCUT2D eigenvalue weighted by atomic mass is 9.80. The first kappa shape index (κ1) is 42.1. The molecule has 4 heterocycles. The average Bonchev–Trinajstić information content (AvgIpc) is 3.55.